The summed E-state index contributed by atoms with van der Waals surface area (Å²) < 4.78 is 36.6. The van der Waals surface area contributed by atoms with E-state index in [1.807, 2.05) is 72.8 Å². The average molecular weight is 829 g/mol. The van der Waals surface area contributed by atoms with Gasteiger partial charge in [0.05, 0.1) is 11.2 Å². The van der Waals surface area contributed by atoms with E-state index in [1.165, 1.54) is 0 Å². The standard InChI is InChI=1S/C30H25BO4.C24H13ClO2/c1-29(2)30(3,4)35-31(34-29)20-11-12-22-24-16-19(10-14-27(24)33-28(22)17-20)18-9-13-26-23(15-18)21-7-5-6-8-25(21)32-26;25-16-7-8-18-20-12-15(6-10-23(20)27-24(18)13-16)14-5-9-22-19(11-14)17-3-1-2-4-21(17)26-22/h5-17H,1-4H3;1-13H. The van der Waals surface area contributed by atoms with Crippen LogP contribution >= 0.6 is 11.6 Å². The van der Waals surface area contributed by atoms with Crippen LogP contribution < -0.4 is 5.46 Å². The fourth-order valence-corrected chi connectivity index (χ4v) is 9.00. The molecule has 0 saturated carbocycles. The normalized spacial score (nSPS) is 15.0. The van der Waals surface area contributed by atoms with E-state index < -0.39 is 7.12 Å². The van der Waals surface area contributed by atoms with Crippen molar-refractivity contribution in [1.29, 1.82) is 0 Å². The van der Waals surface area contributed by atoms with Crippen LogP contribution in [-0.4, -0.2) is 18.3 Å². The Hall–Kier alpha value is -6.77. The van der Waals surface area contributed by atoms with Gasteiger partial charge in [0.1, 0.15) is 44.7 Å². The topological polar surface area (TPSA) is 71.0 Å². The van der Waals surface area contributed by atoms with Crippen LogP contribution in [0.5, 0.6) is 0 Å². The number of para-hydroxylation sites is 2. The fourth-order valence-electron chi connectivity index (χ4n) is 8.84. The second kappa shape index (κ2) is 13.6. The summed E-state index contributed by atoms with van der Waals surface area (Å²) in [5, 5.41) is 9.55. The molecule has 0 aliphatic carbocycles. The zero-order valence-corrected chi connectivity index (χ0v) is 35.2. The lowest BCUT2D eigenvalue weighted by molar-refractivity contribution is 0.00578. The first-order valence-electron chi connectivity index (χ1n) is 20.8. The van der Waals surface area contributed by atoms with Crippen molar-refractivity contribution in [3.05, 3.63) is 163 Å². The Balaban J connectivity index is 0.000000137. The van der Waals surface area contributed by atoms with Gasteiger partial charge in [-0.3, -0.25) is 0 Å². The highest BCUT2D eigenvalue weighted by Gasteiger charge is 2.51. The lowest BCUT2D eigenvalue weighted by Gasteiger charge is -2.32. The van der Waals surface area contributed by atoms with Gasteiger partial charge in [-0.2, -0.15) is 0 Å². The fraction of sp³-hybridized carbons (Fsp3) is 0.111. The van der Waals surface area contributed by atoms with E-state index in [4.69, 9.17) is 38.6 Å². The Kier molecular flexibility index (Phi) is 8.13. The molecule has 0 bridgehead atoms. The maximum Gasteiger partial charge on any atom is 0.494 e. The second-order valence-corrected chi connectivity index (χ2v) is 17.7. The van der Waals surface area contributed by atoms with E-state index in [0.717, 1.165) is 115 Å². The molecule has 5 heterocycles. The number of halogens is 1. The van der Waals surface area contributed by atoms with Crippen LogP contribution in [0.25, 0.3) is 110 Å². The third kappa shape index (κ3) is 5.95. The van der Waals surface area contributed by atoms with Gasteiger partial charge < -0.3 is 27.0 Å². The Morgan fingerprint density at radius 1 is 0.339 bits per heavy atom. The predicted molar refractivity (Wildman–Crippen MR) is 254 cm³/mol. The van der Waals surface area contributed by atoms with Gasteiger partial charge in [0, 0.05) is 54.2 Å². The molecule has 1 fully saturated rings. The number of hydrogen-bond acceptors (Lipinski definition) is 6. The smallest absolute Gasteiger partial charge is 0.456 e. The van der Waals surface area contributed by atoms with Crippen molar-refractivity contribution in [3.63, 3.8) is 0 Å². The first-order chi connectivity index (χ1) is 30.0. The summed E-state index contributed by atoms with van der Waals surface area (Å²) in [6, 6.07) is 53.7. The summed E-state index contributed by atoms with van der Waals surface area (Å²) in [5.41, 5.74) is 11.8. The highest BCUT2D eigenvalue weighted by Crippen LogP contribution is 2.40. The predicted octanol–water partition coefficient (Wildman–Crippen LogP) is 15.3. The van der Waals surface area contributed by atoms with E-state index >= 15 is 0 Å². The Morgan fingerprint density at radius 3 is 1.15 bits per heavy atom. The average Bonchev–Trinajstić information content (AvgIpc) is 4.07. The SMILES string of the molecule is CC1(C)OB(c2ccc3c(c2)oc2ccc(-c4ccc5oc6ccccc6c5c4)cc23)OC1(C)C.Clc1ccc2c(c1)oc1ccc(-c3ccc4oc5ccccc5c4c3)cc12. The lowest BCUT2D eigenvalue weighted by Crippen LogP contribution is -2.41. The third-order valence-electron chi connectivity index (χ3n) is 12.9. The van der Waals surface area contributed by atoms with Gasteiger partial charge >= 0.3 is 7.12 Å². The molecule has 12 aromatic rings. The van der Waals surface area contributed by atoms with Gasteiger partial charge in [-0.1, -0.05) is 84.4 Å². The van der Waals surface area contributed by atoms with E-state index in [0.29, 0.717) is 5.02 Å². The minimum absolute atomic E-state index is 0.378. The number of fused-ring (bicyclic) bond motifs is 12. The van der Waals surface area contributed by atoms with Gasteiger partial charge in [-0.15, -0.1) is 0 Å². The van der Waals surface area contributed by atoms with E-state index in [9.17, 15) is 0 Å². The first-order valence-corrected chi connectivity index (χ1v) is 21.2. The quantitative estimate of drug-likeness (QED) is 0.165. The molecule has 1 aliphatic rings. The van der Waals surface area contributed by atoms with Gasteiger partial charge in [0.2, 0.25) is 0 Å². The molecule has 8 aromatic carbocycles. The Morgan fingerprint density at radius 2 is 0.694 bits per heavy atom. The summed E-state index contributed by atoms with van der Waals surface area (Å²) in [4.78, 5) is 0. The summed E-state index contributed by atoms with van der Waals surface area (Å²) >= 11 is 6.10. The number of benzene rings is 8. The summed E-state index contributed by atoms with van der Waals surface area (Å²) in [6.45, 7) is 8.27. The minimum Gasteiger partial charge on any atom is -0.456 e. The molecule has 1 saturated heterocycles. The van der Waals surface area contributed by atoms with E-state index in [2.05, 4.69) is 113 Å². The first kappa shape index (κ1) is 37.0. The maximum atomic E-state index is 6.24. The molecular weight excluding hydrogens is 791 g/mol. The minimum atomic E-state index is -0.412. The molecule has 62 heavy (non-hydrogen) atoms. The molecule has 6 nitrogen and oxygen atoms in total. The van der Waals surface area contributed by atoms with Crippen molar-refractivity contribution in [2.45, 2.75) is 38.9 Å². The Labute approximate surface area is 361 Å². The monoisotopic (exact) mass is 828 g/mol. The van der Waals surface area contributed by atoms with Crippen LogP contribution in [0.15, 0.2) is 175 Å². The molecule has 0 radical (unpaired) electrons. The molecule has 4 aromatic heterocycles. The largest absolute Gasteiger partial charge is 0.494 e. The molecule has 300 valence electrons. The number of hydrogen-bond donors (Lipinski definition) is 0. The molecule has 13 rings (SSSR count). The lowest BCUT2D eigenvalue weighted by atomic mass is 9.79. The van der Waals surface area contributed by atoms with Crippen LogP contribution in [0.1, 0.15) is 27.7 Å². The molecular formula is C54H38BClO6. The summed E-state index contributed by atoms with van der Waals surface area (Å²) in [6.07, 6.45) is 0. The third-order valence-corrected chi connectivity index (χ3v) is 13.1. The van der Waals surface area contributed by atoms with E-state index in [-0.39, 0.29) is 11.2 Å². The van der Waals surface area contributed by atoms with Gasteiger partial charge in [0.25, 0.3) is 0 Å². The molecule has 1 aliphatic heterocycles. The highest BCUT2D eigenvalue weighted by molar-refractivity contribution is 6.62. The van der Waals surface area contributed by atoms with Crippen LogP contribution in [0.3, 0.4) is 0 Å². The molecule has 0 amide bonds. The molecule has 8 heteroatoms. The number of rotatable bonds is 3. The molecule has 0 N–H and O–H groups in total. The van der Waals surface area contributed by atoms with Crippen molar-refractivity contribution in [2.24, 2.45) is 0 Å². The summed E-state index contributed by atoms with van der Waals surface area (Å²) in [5.74, 6) is 0. The van der Waals surface area contributed by atoms with Gasteiger partial charge in [-0.25, -0.2) is 0 Å². The highest BCUT2D eigenvalue weighted by atomic mass is 35.5. The van der Waals surface area contributed by atoms with Crippen LogP contribution in [-0.2, 0) is 9.31 Å². The van der Waals surface area contributed by atoms with Crippen LogP contribution in [0.4, 0.5) is 0 Å². The van der Waals surface area contributed by atoms with Crippen LogP contribution in [0, 0.1) is 0 Å². The zero-order chi connectivity index (χ0) is 41.9. The van der Waals surface area contributed by atoms with Crippen molar-refractivity contribution >= 4 is 112 Å². The van der Waals surface area contributed by atoms with Gasteiger partial charge in [0.15, 0.2) is 0 Å². The van der Waals surface area contributed by atoms with Crippen molar-refractivity contribution in [3.8, 4) is 22.3 Å². The number of furan rings is 4. The summed E-state index contributed by atoms with van der Waals surface area (Å²) in [7, 11) is -0.412. The second-order valence-electron chi connectivity index (χ2n) is 17.2. The van der Waals surface area contributed by atoms with E-state index in [1.54, 1.807) is 0 Å². The molecule has 0 atom stereocenters. The van der Waals surface area contributed by atoms with Crippen LogP contribution in [0.2, 0.25) is 5.02 Å². The van der Waals surface area contributed by atoms with Crippen molar-refractivity contribution < 1.29 is 27.0 Å². The van der Waals surface area contributed by atoms with Crippen molar-refractivity contribution in [2.75, 3.05) is 0 Å². The van der Waals surface area contributed by atoms with Crippen molar-refractivity contribution in [1.82, 2.24) is 0 Å². The zero-order valence-electron chi connectivity index (χ0n) is 34.4. The molecule has 0 spiro atoms. The maximum absolute atomic E-state index is 6.24. The molecule has 0 unspecified atom stereocenters. The Bertz CT molecular complexity index is 3740. The van der Waals surface area contributed by atoms with Gasteiger partial charge in [-0.05, 0) is 134 Å².